The standard InChI is InChI=1S/C15H16N2O4S/c1-9(18)10-6-12(16-8-10)15(20)17-11(7-14(19)21-2)13-4-3-5-22-13/h3-6,8,11,16H,7H2,1-2H3,(H,17,20)/t11-/m0/s1. The third kappa shape index (κ3) is 3.82. The summed E-state index contributed by atoms with van der Waals surface area (Å²) in [5.74, 6) is -0.913. The van der Waals surface area contributed by atoms with Crippen molar-refractivity contribution in [2.24, 2.45) is 0 Å². The van der Waals surface area contributed by atoms with Gasteiger partial charge in [0.2, 0.25) is 0 Å². The lowest BCUT2D eigenvalue weighted by Crippen LogP contribution is -2.30. The number of ketones is 1. The highest BCUT2D eigenvalue weighted by Crippen LogP contribution is 2.23. The molecule has 6 nitrogen and oxygen atoms in total. The van der Waals surface area contributed by atoms with Crippen molar-refractivity contribution in [3.63, 3.8) is 0 Å². The van der Waals surface area contributed by atoms with Crippen LogP contribution in [0.5, 0.6) is 0 Å². The van der Waals surface area contributed by atoms with Gasteiger partial charge in [0, 0.05) is 16.6 Å². The molecule has 2 N–H and O–H groups in total. The number of methoxy groups -OCH3 is 1. The summed E-state index contributed by atoms with van der Waals surface area (Å²) >= 11 is 1.44. The number of hydrogen-bond acceptors (Lipinski definition) is 5. The van der Waals surface area contributed by atoms with Gasteiger partial charge in [0.25, 0.3) is 5.91 Å². The first-order valence-electron chi connectivity index (χ1n) is 6.61. The Kier molecular flexibility index (Phi) is 5.11. The molecule has 1 amide bonds. The molecular weight excluding hydrogens is 304 g/mol. The lowest BCUT2D eigenvalue weighted by Gasteiger charge is -2.15. The van der Waals surface area contributed by atoms with E-state index in [1.54, 1.807) is 0 Å². The predicted molar refractivity (Wildman–Crippen MR) is 82.0 cm³/mol. The molecule has 0 aliphatic rings. The fourth-order valence-electron chi connectivity index (χ4n) is 1.93. The van der Waals surface area contributed by atoms with E-state index in [0.29, 0.717) is 5.56 Å². The van der Waals surface area contributed by atoms with E-state index in [0.717, 1.165) is 4.88 Å². The molecule has 22 heavy (non-hydrogen) atoms. The van der Waals surface area contributed by atoms with Gasteiger partial charge in [-0.3, -0.25) is 14.4 Å². The number of H-pyrrole nitrogens is 1. The molecule has 2 heterocycles. The number of esters is 1. The van der Waals surface area contributed by atoms with E-state index >= 15 is 0 Å². The van der Waals surface area contributed by atoms with Crippen molar-refractivity contribution in [1.82, 2.24) is 10.3 Å². The minimum atomic E-state index is -0.468. The van der Waals surface area contributed by atoms with Crippen molar-refractivity contribution >= 4 is 29.0 Å². The van der Waals surface area contributed by atoms with E-state index in [9.17, 15) is 14.4 Å². The molecule has 0 aromatic carbocycles. The van der Waals surface area contributed by atoms with Crippen molar-refractivity contribution in [1.29, 1.82) is 0 Å². The number of carbonyl (C=O) groups is 3. The second-order valence-corrected chi connectivity index (χ2v) is 5.66. The second kappa shape index (κ2) is 7.04. The van der Waals surface area contributed by atoms with Gasteiger partial charge in [-0.2, -0.15) is 0 Å². The number of aromatic nitrogens is 1. The minimum Gasteiger partial charge on any atom is -0.469 e. The van der Waals surface area contributed by atoms with Crippen molar-refractivity contribution in [3.8, 4) is 0 Å². The van der Waals surface area contributed by atoms with Crippen molar-refractivity contribution in [2.75, 3.05) is 7.11 Å². The van der Waals surface area contributed by atoms with Crippen LogP contribution in [-0.4, -0.2) is 29.8 Å². The monoisotopic (exact) mass is 320 g/mol. The SMILES string of the molecule is COC(=O)C[C@H](NC(=O)c1cc(C(C)=O)c[nH]1)c1cccs1. The number of thiophene rings is 1. The number of Topliss-reactive ketones (excluding diaryl/α,β-unsaturated/α-hetero) is 1. The molecule has 7 heteroatoms. The maximum Gasteiger partial charge on any atom is 0.307 e. The molecule has 116 valence electrons. The van der Waals surface area contributed by atoms with Crippen molar-refractivity contribution in [3.05, 3.63) is 45.9 Å². The summed E-state index contributed by atoms with van der Waals surface area (Å²) in [6.07, 6.45) is 1.53. The van der Waals surface area contributed by atoms with Gasteiger partial charge in [-0.1, -0.05) is 6.07 Å². The number of hydrogen-bond donors (Lipinski definition) is 2. The topological polar surface area (TPSA) is 88.3 Å². The van der Waals surface area contributed by atoms with Crippen LogP contribution in [0.25, 0.3) is 0 Å². The number of amides is 1. The molecule has 0 spiro atoms. The molecule has 0 aliphatic heterocycles. The Bertz CT molecular complexity index is 676. The van der Waals surface area contributed by atoms with E-state index in [2.05, 4.69) is 15.0 Å². The van der Waals surface area contributed by atoms with E-state index in [1.165, 1.54) is 37.6 Å². The van der Waals surface area contributed by atoms with Crippen LogP contribution in [0, 0.1) is 0 Å². The number of carbonyl (C=O) groups excluding carboxylic acids is 3. The fourth-order valence-corrected chi connectivity index (χ4v) is 2.70. The lowest BCUT2D eigenvalue weighted by molar-refractivity contribution is -0.141. The zero-order valence-electron chi connectivity index (χ0n) is 12.2. The number of rotatable bonds is 6. The Morgan fingerprint density at radius 1 is 1.41 bits per heavy atom. The Morgan fingerprint density at radius 3 is 2.73 bits per heavy atom. The van der Waals surface area contributed by atoms with Gasteiger partial charge in [0.1, 0.15) is 5.69 Å². The molecule has 0 unspecified atom stereocenters. The van der Waals surface area contributed by atoms with Gasteiger partial charge >= 0.3 is 5.97 Å². The summed E-state index contributed by atoms with van der Waals surface area (Å²) in [4.78, 5) is 38.6. The third-order valence-corrected chi connectivity index (χ3v) is 4.11. The van der Waals surface area contributed by atoms with Crippen molar-refractivity contribution < 1.29 is 19.1 Å². The van der Waals surface area contributed by atoms with Gasteiger partial charge in [-0.05, 0) is 24.4 Å². The summed E-state index contributed by atoms with van der Waals surface area (Å²) in [5.41, 5.74) is 0.711. The number of aromatic amines is 1. The molecule has 2 aromatic heterocycles. The van der Waals surface area contributed by atoms with Crippen LogP contribution in [0.15, 0.2) is 29.8 Å². The van der Waals surface area contributed by atoms with Crippen LogP contribution in [0.2, 0.25) is 0 Å². The normalized spacial score (nSPS) is 11.7. The van der Waals surface area contributed by atoms with Crippen LogP contribution in [0.1, 0.15) is 45.1 Å². The van der Waals surface area contributed by atoms with Gasteiger partial charge in [-0.15, -0.1) is 11.3 Å². The number of ether oxygens (including phenoxy) is 1. The first-order chi connectivity index (χ1) is 10.5. The van der Waals surface area contributed by atoms with E-state index in [4.69, 9.17) is 0 Å². The zero-order valence-corrected chi connectivity index (χ0v) is 13.0. The smallest absolute Gasteiger partial charge is 0.307 e. The number of nitrogens with one attached hydrogen (secondary N) is 2. The Balaban J connectivity index is 2.13. The molecule has 0 bridgehead atoms. The van der Waals surface area contributed by atoms with E-state index in [1.807, 2.05) is 17.5 Å². The molecule has 0 saturated carbocycles. The van der Waals surface area contributed by atoms with Gasteiger partial charge in [0.15, 0.2) is 5.78 Å². The molecule has 0 aliphatic carbocycles. The first-order valence-corrected chi connectivity index (χ1v) is 7.49. The Hall–Kier alpha value is -2.41. The molecule has 2 rings (SSSR count). The fraction of sp³-hybridized carbons (Fsp3) is 0.267. The van der Waals surface area contributed by atoms with Crippen LogP contribution in [0.3, 0.4) is 0 Å². The van der Waals surface area contributed by atoms with Crippen LogP contribution in [-0.2, 0) is 9.53 Å². The molecule has 0 radical (unpaired) electrons. The summed E-state index contributed by atoms with van der Waals surface area (Å²) in [7, 11) is 1.31. The maximum atomic E-state index is 12.3. The molecular formula is C15H16N2O4S. The highest BCUT2D eigenvalue weighted by molar-refractivity contribution is 7.10. The second-order valence-electron chi connectivity index (χ2n) is 4.68. The maximum absolute atomic E-state index is 12.3. The highest BCUT2D eigenvalue weighted by atomic mass is 32.1. The zero-order chi connectivity index (χ0) is 16.1. The van der Waals surface area contributed by atoms with Crippen molar-refractivity contribution in [2.45, 2.75) is 19.4 Å². The summed E-state index contributed by atoms with van der Waals surface area (Å²) in [6, 6.07) is 4.71. The lowest BCUT2D eigenvalue weighted by atomic mass is 10.1. The quantitative estimate of drug-likeness (QED) is 0.631. The molecule has 1 atom stereocenters. The van der Waals surface area contributed by atoms with Crippen LogP contribution in [0.4, 0.5) is 0 Å². The predicted octanol–water partition coefficient (Wildman–Crippen LogP) is 2.31. The first kappa shape index (κ1) is 16.0. The van der Waals surface area contributed by atoms with Gasteiger partial charge in [0.05, 0.1) is 19.6 Å². The molecule has 0 fully saturated rings. The average Bonchev–Trinajstić information content (AvgIpc) is 3.17. The van der Waals surface area contributed by atoms with E-state index < -0.39 is 12.0 Å². The molecule has 2 aromatic rings. The van der Waals surface area contributed by atoms with Gasteiger partial charge in [-0.25, -0.2) is 0 Å². The molecule has 0 saturated heterocycles. The Labute approximate surface area is 131 Å². The van der Waals surface area contributed by atoms with E-state index in [-0.39, 0.29) is 23.8 Å². The van der Waals surface area contributed by atoms with Crippen LogP contribution < -0.4 is 5.32 Å². The largest absolute Gasteiger partial charge is 0.469 e. The third-order valence-electron chi connectivity index (χ3n) is 3.12. The van der Waals surface area contributed by atoms with Gasteiger partial charge < -0.3 is 15.0 Å². The highest BCUT2D eigenvalue weighted by Gasteiger charge is 2.21. The minimum absolute atomic E-state index is 0.0447. The summed E-state index contributed by atoms with van der Waals surface area (Å²) < 4.78 is 4.66. The Morgan fingerprint density at radius 2 is 2.18 bits per heavy atom. The summed E-state index contributed by atoms with van der Waals surface area (Å²) in [6.45, 7) is 1.43. The van der Waals surface area contributed by atoms with Crippen LogP contribution >= 0.6 is 11.3 Å². The average molecular weight is 320 g/mol. The summed E-state index contributed by atoms with van der Waals surface area (Å²) in [5, 5.41) is 4.65.